The predicted molar refractivity (Wildman–Crippen MR) is 78.4 cm³/mol. The number of aryl methyl sites for hydroxylation is 1. The van der Waals surface area contributed by atoms with Gasteiger partial charge in [-0.1, -0.05) is 6.07 Å². The molecule has 21 heavy (non-hydrogen) atoms. The normalized spacial score (nSPS) is 11.1. The molecule has 0 spiro atoms. The first-order valence-corrected chi connectivity index (χ1v) is 6.86. The van der Waals surface area contributed by atoms with Gasteiger partial charge in [0, 0.05) is 13.1 Å². The zero-order valence-electron chi connectivity index (χ0n) is 12.8. The molecule has 0 aliphatic heterocycles. The van der Waals surface area contributed by atoms with Crippen molar-refractivity contribution in [3.63, 3.8) is 0 Å². The van der Waals surface area contributed by atoms with Gasteiger partial charge in [-0.25, -0.2) is 13.6 Å². The summed E-state index contributed by atoms with van der Waals surface area (Å²) < 4.78 is 32.2. The van der Waals surface area contributed by atoms with Gasteiger partial charge in [-0.15, -0.1) is 0 Å². The van der Waals surface area contributed by atoms with Gasteiger partial charge in [0.05, 0.1) is 0 Å². The summed E-state index contributed by atoms with van der Waals surface area (Å²) >= 11 is 0. The Bertz CT molecular complexity index is 499. The molecule has 0 saturated heterocycles. The summed E-state index contributed by atoms with van der Waals surface area (Å²) in [4.78, 5) is 11.4. The van der Waals surface area contributed by atoms with Crippen molar-refractivity contribution >= 4 is 11.8 Å². The molecule has 0 atom stereocenters. The fourth-order valence-corrected chi connectivity index (χ4v) is 1.63. The van der Waals surface area contributed by atoms with Crippen LogP contribution in [0.15, 0.2) is 12.1 Å². The lowest BCUT2D eigenvalue weighted by Crippen LogP contribution is -2.33. The van der Waals surface area contributed by atoms with Gasteiger partial charge in [-0.3, -0.25) is 0 Å². The maximum atomic E-state index is 13.7. The van der Waals surface area contributed by atoms with Gasteiger partial charge in [0.15, 0.2) is 5.82 Å². The second kappa shape index (κ2) is 7.24. The molecule has 1 rings (SSSR count). The third-order valence-corrected chi connectivity index (χ3v) is 2.61. The fraction of sp³-hybridized carbons (Fsp3) is 0.533. The summed E-state index contributed by atoms with van der Waals surface area (Å²) in [6, 6.07) is 2.61. The largest absolute Gasteiger partial charge is 0.444 e. The molecule has 0 fully saturated rings. The third kappa shape index (κ3) is 5.97. The second-order valence-corrected chi connectivity index (χ2v) is 5.76. The Morgan fingerprint density at radius 2 is 1.90 bits per heavy atom. The molecule has 0 saturated carbocycles. The Balaban J connectivity index is 2.33. The maximum Gasteiger partial charge on any atom is 0.407 e. The van der Waals surface area contributed by atoms with Crippen molar-refractivity contribution in [2.75, 3.05) is 18.4 Å². The lowest BCUT2D eigenvalue weighted by atomic mass is 10.2. The Labute approximate surface area is 123 Å². The average Bonchev–Trinajstić information content (AvgIpc) is 2.35. The van der Waals surface area contributed by atoms with Crippen molar-refractivity contribution in [3.05, 3.63) is 29.3 Å². The average molecular weight is 300 g/mol. The second-order valence-electron chi connectivity index (χ2n) is 5.76. The summed E-state index contributed by atoms with van der Waals surface area (Å²) in [5, 5.41) is 5.28. The first kappa shape index (κ1) is 17.2. The van der Waals surface area contributed by atoms with E-state index in [0.29, 0.717) is 25.1 Å². The fourth-order valence-electron chi connectivity index (χ4n) is 1.63. The number of anilines is 1. The third-order valence-electron chi connectivity index (χ3n) is 2.61. The van der Waals surface area contributed by atoms with Crippen LogP contribution in [0.4, 0.5) is 19.3 Å². The van der Waals surface area contributed by atoms with Crippen LogP contribution in [0.25, 0.3) is 0 Å². The van der Waals surface area contributed by atoms with Crippen LogP contribution in [0.5, 0.6) is 0 Å². The van der Waals surface area contributed by atoms with Crippen molar-refractivity contribution in [1.29, 1.82) is 0 Å². The van der Waals surface area contributed by atoms with Gasteiger partial charge in [0.25, 0.3) is 0 Å². The topological polar surface area (TPSA) is 50.4 Å². The van der Waals surface area contributed by atoms with E-state index in [4.69, 9.17) is 4.74 Å². The molecule has 0 aromatic heterocycles. The molecular formula is C15H22F2N2O2. The number of hydrogen-bond donors (Lipinski definition) is 2. The Morgan fingerprint density at radius 1 is 1.24 bits per heavy atom. The van der Waals surface area contributed by atoms with E-state index in [1.165, 1.54) is 12.1 Å². The SMILES string of the molecule is Cc1ccc(F)c(NCCCNC(=O)OC(C)(C)C)c1F. The molecule has 0 bridgehead atoms. The van der Waals surface area contributed by atoms with Crippen LogP contribution in [0.2, 0.25) is 0 Å². The molecule has 4 nitrogen and oxygen atoms in total. The van der Waals surface area contributed by atoms with Crippen LogP contribution in [0.3, 0.4) is 0 Å². The Hall–Kier alpha value is -1.85. The standard InChI is InChI=1S/C15H22F2N2O2/c1-10-6-7-11(16)13(12(10)17)18-8-5-9-19-14(20)21-15(2,3)4/h6-7,18H,5,8-9H2,1-4H3,(H,19,20). The molecule has 0 unspecified atom stereocenters. The zero-order valence-corrected chi connectivity index (χ0v) is 12.8. The van der Waals surface area contributed by atoms with E-state index in [0.717, 1.165) is 0 Å². The molecule has 1 aromatic rings. The number of ether oxygens (including phenoxy) is 1. The van der Waals surface area contributed by atoms with E-state index in [9.17, 15) is 13.6 Å². The van der Waals surface area contributed by atoms with Crippen LogP contribution in [0.1, 0.15) is 32.8 Å². The molecule has 0 aliphatic carbocycles. The van der Waals surface area contributed by atoms with E-state index in [-0.39, 0.29) is 5.69 Å². The van der Waals surface area contributed by atoms with E-state index in [2.05, 4.69) is 10.6 Å². The first-order valence-electron chi connectivity index (χ1n) is 6.86. The minimum absolute atomic E-state index is 0.132. The molecule has 2 N–H and O–H groups in total. The summed E-state index contributed by atoms with van der Waals surface area (Å²) in [5.41, 5.74) is -0.297. The molecule has 118 valence electrons. The van der Waals surface area contributed by atoms with Gasteiger partial charge >= 0.3 is 6.09 Å². The zero-order chi connectivity index (χ0) is 16.0. The smallest absolute Gasteiger partial charge is 0.407 e. The summed E-state index contributed by atoms with van der Waals surface area (Å²) in [6.45, 7) is 7.60. The summed E-state index contributed by atoms with van der Waals surface area (Å²) in [6.07, 6.45) is 0.0157. The van der Waals surface area contributed by atoms with Crippen LogP contribution in [-0.2, 0) is 4.74 Å². The van der Waals surface area contributed by atoms with Gasteiger partial charge in [0.2, 0.25) is 0 Å². The Kier molecular flexibility index (Phi) is 5.93. The highest BCUT2D eigenvalue weighted by Crippen LogP contribution is 2.21. The minimum Gasteiger partial charge on any atom is -0.444 e. The number of carbonyl (C=O) groups excluding carboxylic acids is 1. The van der Waals surface area contributed by atoms with Crippen LogP contribution in [-0.4, -0.2) is 24.8 Å². The lowest BCUT2D eigenvalue weighted by Gasteiger charge is -2.19. The highest BCUT2D eigenvalue weighted by atomic mass is 19.1. The van der Waals surface area contributed by atoms with Crippen molar-refractivity contribution in [2.24, 2.45) is 0 Å². The minimum atomic E-state index is -0.627. The van der Waals surface area contributed by atoms with Crippen LogP contribution in [0, 0.1) is 18.6 Å². The van der Waals surface area contributed by atoms with E-state index < -0.39 is 23.3 Å². The highest BCUT2D eigenvalue weighted by molar-refractivity contribution is 5.67. The number of hydrogen-bond acceptors (Lipinski definition) is 3. The molecule has 0 aliphatic rings. The number of benzene rings is 1. The van der Waals surface area contributed by atoms with Gasteiger partial charge in [0.1, 0.15) is 17.1 Å². The number of rotatable bonds is 5. The van der Waals surface area contributed by atoms with Crippen LogP contribution < -0.4 is 10.6 Å². The number of halogens is 2. The van der Waals surface area contributed by atoms with E-state index in [1.54, 1.807) is 27.7 Å². The predicted octanol–water partition coefficient (Wildman–Crippen LogP) is 3.60. The van der Waals surface area contributed by atoms with Crippen molar-refractivity contribution in [3.8, 4) is 0 Å². The monoisotopic (exact) mass is 300 g/mol. The molecule has 0 radical (unpaired) electrons. The Morgan fingerprint density at radius 3 is 2.52 bits per heavy atom. The van der Waals surface area contributed by atoms with Gasteiger partial charge in [-0.2, -0.15) is 0 Å². The lowest BCUT2D eigenvalue weighted by molar-refractivity contribution is 0.0528. The van der Waals surface area contributed by atoms with Crippen molar-refractivity contribution < 1.29 is 18.3 Å². The van der Waals surface area contributed by atoms with Crippen molar-refractivity contribution in [1.82, 2.24) is 5.32 Å². The maximum absolute atomic E-state index is 13.7. The summed E-state index contributed by atoms with van der Waals surface area (Å²) in [7, 11) is 0. The van der Waals surface area contributed by atoms with E-state index >= 15 is 0 Å². The molecular weight excluding hydrogens is 278 g/mol. The van der Waals surface area contributed by atoms with Crippen molar-refractivity contribution in [2.45, 2.75) is 39.7 Å². The molecule has 6 heteroatoms. The quantitative estimate of drug-likeness (QED) is 0.817. The van der Waals surface area contributed by atoms with E-state index in [1.807, 2.05) is 0 Å². The highest BCUT2D eigenvalue weighted by Gasteiger charge is 2.15. The molecule has 0 heterocycles. The van der Waals surface area contributed by atoms with Gasteiger partial charge < -0.3 is 15.4 Å². The molecule has 1 aromatic carbocycles. The number of nitrogens with one attached hydrogen (secondary N) is 2. The number of alkyl carbamates (subject to hydrolysis) is 1. The number of carbonyl (C=O) groups is 1. The first-order chi connectivity index (χ1) is 9.70. The van der Waals surface area contributed by atoms with Crippen LogP contribution >= 0.6 is 0 Å². The number of amides is 1. The molecule has 1 amide bonds. The summed E-state index contributed by atoms with van der Waals surface area (Å²) in [5.74, 6) is -1.21. The van der Waals surface area contributed by atoms with Gasteiger partial charge in [-0.05, 0) is 45.7 Å².